The van der Waals surface area contributed by atoms with Crippen LogP contribution in [0.4, 0.5) is 4.39 Å². The number of primary amides is 1. The molecular formula is C5H10FNO. The summed E-state index contributed by atoms with van der Waals surface area (Å²) < 4.78 is 11.3. The van der Waals surface area contributed by atoms with Gasteiger partial charge in [-0.15, -0.1) is 0 Å². The standard InChI is InChI=1S/C5H10FNO/c6-4-2-1-3-5(7)8/h1-4H2,(H2,7,8). The van der Waals surface area contributed by atoms with Gasteiger partial charge in [-0.3, -0.25) is 9.18 Å². The van der Waals surface area contributed by atoms with Crippen molar-refractivity contribution in [3.8, 4) is 0 Å². The molecule has 8 heavy (non-hydrogen) atoms. The number of amides is 1. The molecule has 0 bridgehead atoms. The fourth-order valence-corrected chi connectivity index (χ4v) is 0.394. The SMILES string of the molecule is NC(=O)CCCCF. The van der Waals surface area contributed by atoms with Crippen LogP contribution in [0.5, 0.6) is 0 Å². The summed E-state index contributed by atoms with van der Waals surface area (Å²) in [6.07, 6.45) is 1.33. The highest BCUT2D eigenvalue weighted by molar-refractivity contribution is 5.73. The van der Waals surface area contributed by atoms with Crippen molar-refractivity contribution in [2.45, 2.75) is 19.3 Å². The molecule has 0 fully saturated rings. The summed E-state index contributed by atoms with van der Waals surface area (Å²) in [4.78, 5) is 9.97. The molecule has 0 aromatic rings. The van der Waals surface area contributed by atoms with Crippen LogP contribution < -0.4 is 5.73 Å². The Bertz CT molecular complexity index is 74.8. The van der Waals surface area contributed by atoms with Gasteiger partial charge in [-0.05, 0) is 12.8 Å². The number of alkyl halides is 1. The van der Waals surface area contributed by atoms with Gasteiger partial charge >= 0.3 is 0 Å². The van der Waals surface area contributed by atoms with E-state index in [1.54, 1.807) is 0 Å². The first-order valence-corrected chi connectivity index (χ1v) is 2.61. The van der Waals surface area contributed by atoms with Gasteiger partial charge < -0.3 is 5.73 Å². The van der Waals surface area contributed by atoms with E-state index in [0.717, 1.165) is 0 Å². The zero-order valence-corrected chi connectivity index (χ0v) is 4.69. The third kappa shape index (κ3) is 5.40. The maximum absolute atomic E-state index is 11.3. The maximum Gasteiger partial charge on any atom is 0.217 e. The van der Waals surface area contributed by atoms with Crippen LogP contribution in [0.3, 0.4) is 0 Å². The third-order valence-corrected chi connectivity index (χ3v) is 0.807. The molecule has 3 heteroatoms. The van der Waals surface area contributed by atoms with Crippen LogP contribution in [-0.2, 0) is 4.79 Å². The minimum Gasteiger partial charge on any atom is -0.370 e. The van der Waals surface area contributed by atoms with Gasteiger partial charge in [-0.1, -0.05) is 0 Å². The van der Waals surface area contributed by atoms with Gasteiger partial charge in [0.05, 0.1) is 6.67 Å². The minimum absolute atomic E-state index is 0.309. The van der Waals surface area contributed by atoms with Gasteiger partial charge in [0, 0.05) is 6.42 Å². The molecule has 0 aliphatic heterocycles. The van der Waals surface area contributed by atoms with E-state index in [0.29, 0.717) is 19.3 Å². The van der Waals surface area contributed by atoms with Gasteiger partial charge in [0.2, 0.25) is 5.91 Å². The highest BCUT2D eigenvalue weighted by Gasteiger charge is 1.91. The predicted octanol–water partition coefficient (Wildman–Crippen LogP) is 0.611. The lowest BCUT2D eigenvalue weighted by atomic mass is 10.2. The molecule has 0 saturated heterocycles. The Morgan fingerprint density at radius 1 is 1.50 bits per heavy atom. The maximum atomic E-state index is 11.3. The molecule has 0 saturated carbocycles. The average molecular weight is 119 g/mol. The van der Waals surface area contributed by atoms with Gasteiger partial charge in [-0.2, -0.15) is 0 Å². The zero-order valence-electron chi connectivity index (χ0n) is 4.69. The molecule has 2 nitrogen and oxygen atoms in total. The highest BCUT2D eigenvalue weighted by Crippen LogP contribution is 1.93. The van der Waals surface area contributed by atoms with Crippen molar-refractivity contribution in [1.29, 1.82) is 0 Å². The summed E-state index contributed by atoms with van der Waals surface area (Å²) in [7, 11) is 0. The average Bonchev–Trinajstić information content (AvgIpc) is 1.66. The lowest BCUT2D eigenvalue weighted by Crippen LogP contribution is -2.09. The molecule has 0 atom stereocenters. The molecule has 2 N–H and O–H groups in total. The van der Waals surface area contributed by atoms with Crippen molar-refractivity contribution in [3.63, 3.8) is 0 Å². The quantitative estimate of drug-likeness (QED) is 0.541. The van der Waals surface area contributed by atoms with E-state index < -0.39 is 0 Å². The van der Waals surface area contributed by atoms with Gasteiger partial charge in [0.25, 0.3) is 0 Å². The zero-order chi connectivity index (χ0) is 6.41. The van der Waals surface area contributed by atoms with Crippen molar-refractivity contribution in [2.75, 3.05) is 6.67 Å². The Morgan fingerprint density at radius 2 is 2.12 bits per heavy atom. The molecule has 0 aliphatic carbocycles. The Morgan fingerprint density at radius 3 is 2.50 bits per heavy atom. The molecule has 0 aromatic carbocycles. The molecule has 0 spiro atoms. The van der Waals surface area contributed by atoms with Crippen LogP contribution in [0.25, 0.3) is 0 Å². The van der Waals surface area contributed by atoms with E-state index >= 15 is 0 Å². The first kappa shape index (κ1) is 7.40. The fourth-order valence-electron chi connectivity index (χ4n) is 0.394. The second kappa shape index (κ2) is 4.56. The predicted molar refractivity (Wildman–Crippen MR) is 29.0 cm³/mol. The molecule has 0 aliphatic rings. The number of carbonyl (C=O) groups is 1. The molecule has 0 aromatic heterocycles. The Balaban J connectivity index is 2.82. The summed E-state index contributed by atoms with van der Waals surface area (Å²) in [5.74, 6) is -0.349. The smallest absolute Gasteiger partial charge is 0.217 e. The van der Waals surface area contributed by atoms with Crippen LogP contribution in [0.2, 0.25) is 0 Å². The molecule has 1 amide bonds. The van der Waals surface area contributed by atoms with E-state index in [-0.39, 0.29) is 12.6 Å². The normalized spacial score (nSPS) is 9.12. The molecule has 0 unspecified atom stereocenters. The molecular weight excluding hydrogens is 109 g/mol. The van der Waals surface area contributed by atoms with Crippen LogP contribution in [-0.4, -0.2) is 12.6 Å². The first-order valence-electron chi connectivity index (χ1n) is 2.61. The molecule has 48 valence electrons. The Hall–Kier alpha value is -0.600. The second-order valence-electron chi connectivity index (χ2n) is 1.61. The van der Waals surface area contributed by atoms with E-state index in [1.807, 2.05) is 0 Å². The lowest BCUT2D eigenvalue weighted by Gasteiger charge is -1.89. The van der Waals surface area contributed by atoms with Crippen LogP contribution in [0.15, 0.2) is 0 Å². The summed E-state index contributed by atoms with van der Waals surface area (Å²) in [5.41, 5.74) is 4.77. The number of hydrogen-bond acceptors (Lipinski definition) is 1. The molecule has 0 rings (SSSR count). The van der Waals surface area contributed by atoms with Gasteiger partial charge in [-0.25, -0.2) is 0 Å². The molecule has 0 heterocycles. The topological polar surface area (TPSA) is 43.1 Å². The summed E-state index contributed by atoms with van der Waals surface area (Å²) in [5, 5.41) is 0. The van der Waals surface area contributed by atoms with Crippen molar-refractivity contribution >= 4 is 5.91 Å². The molecule has 0 radical (unpaired) electrons. The van der Waals surface area contributed by atoms with Crippen LogP contribution in [0.1, 0.15) is 19.3 Å². The minimum atomic E-state index is -0.354. The third-order valence-electron chi connectivity index (χ3n) is 0.807. The van der Waals surface area contributed by atoms with Crippen molar-refractivity contribution < 1.29 is 9.18 Å². The van der Waals surface area contributed by atoms with E-state index in [9.17, 15) is 9.18 Å². The largest absolute Gasteiger partial charge is 0.370 e. The lowest BCUT2D eigenvalue weighted by molar-refractivity contribution is -0.118. The fraction of sp³-hybridized carbons (Fsp3) is 0.800. The van der Waals surface area contributed by atoms with Crippen LogP contribution in [0, 0.1) is 0 Å². The summed E-state index contributed by atoms with van der Waals surface area (Å²) in [6.45, 7) is -0.354. The Kier molecular flexibility index (Phi) is 4.21. The van der Waals surface area contributed by atoms with Crippen molar-refractivity contribution in [2.24, 2.45) is 5.73 Å². The van der Waals surface area contributed by atoms with E-state index in [1.165, 1.54) is 0 Å². The van der Waals surface area contributed by atoms with E-state index in [4.69, 9.17) is 5.73 Å². The number of carbonyl (C=O) groups excluding carboxylic acids is 1. The van der Waals surface area contributed by atoms with Crippen molar-refractivity contribution in [1.82, 2.24) is 0 Å². The number of nitrogens with two attached hydrogens (primary N) is 1. The van der Waals surface area contributed by atoms with Crippen molar-refractivity contribution in [3.05, 3.63) is 0 Å². The Labute approximate surface area is 47.9 Å². The summed E-state index contributed by atoms with van der Waals surface area (Å²) in [6, 6.07) is 0. The summed E-state index contributed by atoms with van der Waals surface area (Å²) >= 11 is 0. The number of hydrogen-bond donors (Lipinski definition) is 1. The number of rotatable bonds is 4. The monoisotopic (exact) mass is 119 g/mol. The number of halogens is 1. The highest BCUT2D eigenvalue weighted by atomic mass is 19.1. The van der Waals surface area contributed by atoms with Gasteiger partial charge in [0.15, 0.2) is 0 Å². The second-order valence-corrected chi connectivity index (χ2v) is 1.61. The van der Waals surface area contributed by atoms with Crippen LogP contribution >= 0.6 is 0 Å². The number of unbranched alkanes of at least 4 members (excludes halogenated alkanes) is 1. The first-order chi connectivity index (χ1) is 3.77. The van der Waals surface area contributed by atoms with E-state index in [2.05, 4.69) is 0 Å². The van der Waals surface area contributed by atoms with Gasteiger partial charge in [0.1, 0.15) is 0 Å².